The first kappa shape index (κ1) is 11.6. The summed E-state index contributed by atoms with van der Waals surface area (Å²) < 4.78 is 7.83. The lowest BCUT2D eigenvalue weighted by Crippen LogP contribution is -2.25. The van der Waals surface area contributed by atoms with E-state index in [-0.39, 0.29) is 0 Å². The van der Waals surface area contributed by atoms with E-state index in [1.54, 1.807) is 7.11 Å². The predicted molar refractivity (Wildman–Crippen MR) is 74.5 cm³/mol. The first-order valence-corrected chi connectivity index (χ1v) is 6.48. The maximum absolute atomic E-state index is 5.52. The normalized spacial score (nSPS) is 18.3. The van der Waals surface area contributed by atoms with Gasteiger partial charge in [0.1, 0.15) is 5.75 Å². The van der Waals surface area contributed by atoms with Gasteiger partial charge in [-0.25, -0.2) is 0 Å². The zero-order chi connectivity index (χ0) is 12.9. The molecule has 0 aliphatic heterocycles. The summed E-state index contributed by atoms with van der Waals surface area (Å²) in [5.41, 5.74) is 5.55. The minimum atomic E-state index is 0.580. The van der Waals surface area contributed by atoms with Crippen molar-refractivity contribution in [2.24, 2.45) is 7.05 Å². The quantitative estimate of drug-likeness (QED) is 0.876. The summed E-state index contributed by atoms with van der Waals surface area (Å²) in [7, 11) is 5.95. The number of aromatic nitrogens is 1. The van der Waals surface area contributed by atoms with Crippen molar-refractivity contribution in [3.05, 3.63) is 29.0 Å². The SMILES string of the molecule is CNC1Cc2c(n(C)c3c(OC)ccc(C)c23)C1. The van der Waals surface area contributed by atoms with E-state index in [9.17, 15) is 0 Å². The molecule has 3 rings (SSSR count). The number of nitrogens with zero attached hydrogens (tertiary/aromatic N) is 1. The van der Waals surface area contributed by atoms with E-state index in [4.69, 9.17) is 4.74 Å². The lowest BCUT2D eigenvalue weighted by atomic mass is 10.0. The topological polar surface area (TPSA) is 26.2 Å². The third-order valence-electron chi connectivity index (χ3n) is 4.26. The average Bonchev–Trinajstić information content (AvgIpc) is 2.90. The number of methoxy groups -OCH3 is 1. The van der Waals surface area contributed by atoms with E-state index in [1.807, 2.05) is 7.05 Å². The molecule has 1 N–H and O–H groups in total. The zero-order valence-corrected chi connectivity index (χ0v) is 11.5. The number of rotatable bonds is 2. The molecular formula is C15H20N2O. The molecule has 0 spiro atoms. The van der Waals surface area contributed by atoms with E-state index >= 15 is 0 Å². The summed E-state index contributed by atoms with van der Waals surface area (Å²) in [5, 5.41) is 4.79. The second-order valence-electron chi connectivity index (χ2n) is 5.19. The molecule has 0 fully saturated rings. The average molecular weight is 244 g/mol. The molecular weight excluding hydrogens is 224 g/mol. The third kappa shape index (κ3) is 1.40. The molecule has 3 nitrogen and oxygen atoms in total. The number of aryl methyl sites for hydroxylation is 2. The number of fused-ring (bicyclic) bond motifs is 3. The Labute approximate surface area is 108 Å². The Morgan fingerprint density at radius 1 is 1.33 bits per heavy atom. The smallest absolute Gasteiger partial charge is 0.143 e. The highest BCUT2D eigenvalue weighted by Crippen LogP contribution is 2.38. The molecule has 0 radical (unpaired) electrons. The highest BCUT2D eigenvalue weighted by molar-refractivity contribution is 5.93. The third-order valence-corrected chi connectivity index (χ3v) is 4.26. The van der Waals surface area contributed by atoms with Crippen LogP contribution in [0.15, 0.2) is 12.1 Å². The van der Waals surface area contributed by atoms with Crippen LogP contribution in [0.25, 0.3) is 10.9 Å². The number of ether oxygens (including phenoxy) is 1. The number of hydrogen-bond acceptors (Lipinski definition) is 2. The molecule has 2 aromatic rings. The van der Waals surface area contributed by atoms with Crippen molar-refractivity contribution < 1.29 is 4.74 Å². The van der Waals surface area contributed by atoms with Crippen molar-refractivity contribution in [3.63, 3.8) is 0 Å². The fraction of sp³-hybridized carbons (Fsp3) is 0.467. The summed E-state index contributed by atoms with van der Waals surface area (Å²) in [5.74, 6) is 0.980. The highest BCUT2D eigenvalue weighted by Gasteiger charge is 2.28. The van der Waals surface area contributed by atoms with E-state index in [1.165, 1.54) is 27.7 Å². The maximum Gasteiger partial charge on any atom is 0.143 e. The van der Waals surface area contributed by atoms with Gasteiger partial charge in [0.2, 0.25) is 0 Å². The van der Waals surface area contributed by atoms with Gasteiger partial charge in [-0.2, -0.15) is 0 Å². The van der Waals surface area contributed by atoms with Crippen LogP contribution < -0.4 is 10.1 Å². The van der Waals surface area contributed by atoms with Gasteiger partial charge in [0, 0.05) is 30.6 Å². The molecule has 1 atom stereocenters. The Morgan fingerprint density at radius 3 is 2.78 bits per heavy atom. The van der Waals surface area contributed by atoms with Crippen molar-refractivity contribution >= 4 is 10.9 Å². The van der Waals surface area contributed by atoms with Crippen LogP contribution in [0.3, 0.4) is 0 Å². The molecule has 0 saturated heterocycles. The number of nitrogens with one attached hydrogen (secondary N) is 1. The Hall–Kier alpha value is -1.48. The fourth-order valence-electron chi connectivity index (χ4n) is 3.27. The van der Waals surface area contributed by atoms with Crippen LogP contribution in [0, 0.1) is 6.92 Å². The zero-order valence-electron chi connectivity index (χ0n) is 11.5. The summed E-state index contributed by atoms with van der Waals surface area (Å²) in [6.45, 7) is 2.19. The molecule has 1 heterocycles. The summed E-state index contributed by atoms with van der Waals surface area (Å²) in [6.07, 6.45) is 2.23. The lowest BCUT2D eigenvalue weighted by Gasteiger charge is -2.11. The monoisotopic (exact) mass is 244 g/mol. The molecule has 1 unspecified atom stereocenters. The Balaban J connectivity index is 2.31. The van der Waals surface area contributed by atoms with Crippen LogP contribution in [0.2, 0.25) is 0 Å². The lowest BCUT2D eigenvalue weighted by molar-refractivity contribution is 0.417. The van der Waals surface area contributed by atoms with Gasteiger partial charge in [-0.3, -0.25) is 0 Å². The molecule has 1 aromatic carbocycles. The van der Waals surface area contributed by atoms with Crippen LogP contribution >= 0.6 is 0 Å². The molecule has 96 valence electrons. The molecule has 3 heteroatoms. The van der Waals surface area contributed by atoms with Crippen molar-refractivity contribution in [2.45, 2.75) is 25.8 Å². The van der Waals surface area contributed by atoms with Gasteiger partial charge < -0.3 is 14.6 Å². The van der Waals surface area contributed by atoms with Crippen LogP contribution in [0.5, 0.6) is 5.75 Å². The van der Waals surface area contributed by atoms with Crippen molar-refractivity contribution in [1.82, 2.24) is 9.88 Å². The van der Waals surface area contributed by atoms with Crippen LogP contribution in [-0.2, 0) is 19.9 Å². The van der Waals surface area contributed by atoms with Crippen LogP contribution in [0.1, 0.15) is 16.8 Å². The van der Waals surface area contributed by atoms with E-state index in [0.29, 0.717) is 6.04 Å². The number of hydrogen-bond donors (Lipinski definition) is 1. The molecule has 0 saturated carbocycles. The second-order valence-corrected chi connectivity index (χ2v) is 5.19. The molecule has 1 aromatic heterocycles. The van der Waals surface area contributed by atoms with E-state index in [0.717, 1.165) is 18.6 Å². The van der Waals surface area contributed by atoms with Crippen LogP contribution in [-0.4, -0.2) is 24.8 Å². The van der Waals surface area contributed by atoms with Gasteiger partial charge in [-0.15, -0.1) is 0 Å². The molecule has 1 aliphatic carbocycles. The van der Waals surface area contributed by atoms with Gasteiger partial charge in [0.15, 0.2) is 0 Å². The largest absolute Gasteiger partial charge is 0.495 e. The molecule has 0 bridgehead atoms. The Kier molecular flexibility index (Phi) is 2.59. The number of likely N-dealkylation sites (N-methyl/N-ethyl adjacent to an activating group) is 1. The van der Waals surface area contributed by atoms with Gasteiger partial charge in [0.25, 0.3) is 0 Å². The van der Waals surface area contributed by atoms with E-state index < -0.39 is 0 Å². The van der Waals surface area contributed by atoms with Crippen LogP contribution in [0.4, 0.5) is 0 Å². The summed E-state index contributed by atoms with van der Waals surface area (Å²) >= 11 is 0. The first-order valence-electron chi connectivity index (χ1n) is 6.48. The van der Waals surface area contributed by atoms with Gasteiger partial charge in [-0.1, -0.05) is 6.07 Å². The molecule has 18 heavy (non-hydrogen) atoms. The standard InChI is InChI=1S/C15H20N2O/c1-9-5-6-13(18-4)15-14(9)11-7-10(16-2)8-12(11)17(15)3/h5-6,10,16H,7-8H2,1-4H3. The van der Waals surface area contributed by atoms with Crippen molar-refractivity contribution in [1.29, 1.82) is 0 Å². The van der Waals surface area contributed by atoms with Crippen molar-refractivity contribution in [3.8, 4) is 5.75 Å². The fourth-order valence-corrected chi connectivity index (χ4v) is 3.27. The summed E-state index contributed by atoms with van der Waals surface area (Å²) in [6, 6.07) is 4.81. The molecule has 1 aliphatic rings. The minimum Gasteiger partial charge on any atom is -0.495 e. The van der Waals surface area contributed by atoms with Gasteiger partial charge >= 0.3 is 0 Å². The van der Waals surface area contributed by atoms with Crippen molar-refractivity contribution in [2.75, 3.05) is 14.2 Å². The first-order chi connectivity index (χ1) is 8.67. The van der Waals surface area contributed by atoms with E-state index in [2.05, 4.69) is 36.0 Å². The Bertz CT molecular complexity index is 613. The second kappa shape index (κ2) is 4.02. The predicted octanol–water partition coefficient (Wildman–Crippen LogP) is 2.18. The minimum absolute atomic E-state index is 0.580. The highest BCUT2D eigenvalue weighted by atomic mass is 16.5. The maximum atomic E-state index is 5.52. The Morgan fingerprint density at radius 2 is 2.11 bits per heavy atom. The van der Waals surface area contributed by atoms with Gasteiger partial charge in [-0.05, 0) is 37.6 Å². The molecule has 0 amide bonds. The summed E-state index contributed by atoms with van der Waals surface area (Å²) in [4.78, 5) is 0. The number of benzene rings is 1. The van der Waals surface area contributed by atoms with Gasteiger partial charge in [0.05, 0.1) is 12.6 Å².